The van der Waals surface area contributed by atoms with Crippen LogP contribution in [0.4, 0.5) is 24.5 Å². The number of amides is 1. The highest BCUT2D eigenvalue weighted by Gasteiger charge is 2.36. The highest BCUT2D eigenvalue weighted by atomic mass is 35.5. The number of nitrogens with one attached hydrogen (secondary N) is 1. The second kappa shape index (κ2) is 12.2. The Labute approximate surface area is 237 Å². The number of halogens is 4. The molecule has 0 saturated heterocycles. The first-order valence-corrected chi connectivity index (χ1v) is 12.5. The van der Waals surface area contributed by atoms with Gasteiger partial charge in [0.1, 0.15) is 17.0 Å². The number of carbonyl (C=O) groups is 2. The highest BCUT2D eigenvalue weighted by molar-refractivity contribution is 6.30. The van der Waals surface area contributed by atoms with Crippen LogP contribution in [0.5, 0.6) is 11.6 Å². The van der Waals surface area contributed by atoms with Crippen LogP contribution >= 0.6 is 11.6 Å². The number of carboxylic acid groups (broad SMARTS) is 1. The molecular formula is C28H23ClF3N5O4. The molecule has 0 bridgehead atoms. The summed E-state index contributed by atoms with van der Waals surface area (Å²) in [5.41, 5.74) is -0.638. The molecule has 1 amide bonds. The molecule has 0 atom stereocenters. The summed E-state index contributed by atoms with van der Waals surface area (Å²) in [6.45, 7) is 3.39. The van der Waals surface area contributed by atoms with Crippen LogP contribution in [0.25, 0.3) is 0 Å². The zero-order valence-electron chi connectivity index (χ0n) is 21.7. The van der Waals surface area contributed by atoms with Crippen molar-refractivity contribution < 1.29 is 32.6 Å². The van der Waals surface area contributed by atoms with E-state index < -0.39 is 35.5 Å². The summed E-state index contributed by atoms with van der Waals surface area (Å²) >= 11 is 5.86. The minimum atomic E-state index is -4.81. The lowest BCUT2D eigenvalue weighted by molar-refractivity contribution is -0.138. The number of hydrogen-bond acceptors (Lipinski definition) is 7. The van der Waals surface area contributed by atoms with Crippen LogP contribution in [-0.4, -0.2) is 38.0 Å². The number of aromatic carboxylic acids is 1. The second-order valence-electron chi connectivity index (χ2n) is 9.01. The summed E-state index contributed by atoms with van der Waals surface area (Å²) in [4.78, 5) is 38.4. The summed E-state index contributed by atoms with van der Waals surface area (Å²) in [5, 5.41) is 13.2. The van der Waals surface area contributed by atoms with Crippen molar-refractivity contribution in [2.75, 3.05) is 10.2 Å². The normalized spacial score (nSPS) is 11.3. The molecule has 212 valence electrons. The maximum Gasteiger partial charge on any atom is 0.421 e. The van der Waals surface area contributed by atoms with Gasteiger partial charge in [0.2, 0.25) is 5.88 Å². The van der Waals surface area contributed by atoms with E-state index in [9.17, 15) is 27.9 Å². The number of carboxylic acids is 1. The Morgan fingerprint density at radius 3 is 2.46 bits per heavy atom. The average molecular weight is 586 g/mol. The van der Waals surface area contributed by atoms with Crippen LogP contribution in [0.15, 0.2) is 73.3 Å². The number of aromatic nitrogens is 3. The van der Waals surface area contributed by atoms with Gasteiger partial charge in [-0.05, 0) is 67.9 Å². The molecule has 0 unspecified atom stereocenters. The summed E-state index contributed by atoms with van der Waals surface area (Å²) < 4.78 is 47.2. The number of nitrogens with zero attached hydrogens (tertiary/aromatic N) is 4. The molecule has 0 radical (unpaired) electrons. The van der Waals surface area contributed by atoms with Gasteiger partial charge in [-0.1, -0.05) is 11.6 Å². The van der Waals surface area contributed by atoms with Gasteiger partial charge in [0.25, 0.3) is 5.91 Å². The number of rotatable bonds is 9. The monoisotopic (exact) mass is 585 g/mol. The first-order valence-electron chi connectivity index (χ1n) is 12.1. The minimum Gasteiger partial charge on any atom is -0.478 e. The van der Waals surface area contributed by atoms with E-state index in [0.717, 1.165) is 12.1 Å². The zero-order valence-corrected chi connectivity index (χ0v) is 22.4. The molecule has 4 aromatic rings. The van der Waals surface area contributed by atoms with Gasteiger partial charge in [-0.2, -0.15) is 13.2 Å². The van der Waals surface area contributed by atoms with Crippen molar-refractivity contribution in [3.8, 4) is 11.6 Å². The lowest BCUT2D eigenvalue weighted by Gasteiger charge is -2.28. The van der Waals surface area contributed by atoms with Gasteiger partial charge in [-0.25, -0.2) is 14.8 Å². The quantitative estimate of drug-likeness (QED) is 0.223. The topological polar surface area (TPSA) is 118 Å². The molecule has 13 heteroatoms. The number of hydrogen-bond donors (Lipinski definition) is 2. The highest BCUT2D eigenvalue weighted by Crippen LogP contribution is 2.38. The Balaban J connectivity index is 1.65. The molecule has 0 saturated carbocycles. The van der Waals surface area contributed by atoms with E-state index in [-0.39, 0.29) is 34.8 Å². The van der Waals surface area contributed by atoms with Crippen LogP contribution in [0, 0.1) is 0 Å². The maximum absolute atomic E-state index is 13.9. The van der Waals surface area contributed by atoms with E-state index in [0.29, 0.717) is 10.7 Å². The number of alkyl halides is 3. The largest absolute Gasteiger partial charge is 0.478 e. The van der Waals surface area contributed by atoms with E-state index in [4.69, 9.17) is 16.3 Å². The van der Waals surface area contributed by atoms with Gasteiger partial charge >= 0.3 is 12.1 Å². The van der Waals surface area contributed by atoms with Gasteiger partial charge in [0.05, 0.1) is 22.0 Å². The third kappa shape index (κ3) is 7.09. The maximum atomic E-state index is 13.9. The summed E-state index contributed by atoms with van der Waals surface area (Å²) in [6, 6.07) is 10.2. The fourth-order valence-corrected chi connectivity index (χ4v) is 3.98. The van der Waals surface area contributed by atoms with Gasteiger partial charge in [-0.3, -0.25) is 9.78 Å². The molecule has 0 fully saturated rings. The van der Waals surface area contributed by atoms with Gasteiger partial charge in [0, 0.05) is 37.4 Å². The Morgan fingerprint density at radius 1 is 1.07 bits per heavy atom. The molecule has 2 N–H and O–H groups in total. The van der Waals surface area contributed by atoms with E-state index in [1.165, 1.54) is 47.8 Å². The molecule has 3 heterocycles. The van der Waals surface area contributed by atoms with Crippen LogP contribution in [0.2, 0.25) is 5.02 Å². The Bertz CT molecular complexity index is 1550. The van der Waals surface area contributed by atoms with Crippen LogP contribution < -0.4 is 15.0 Å². The number of benzene rings is 1. The van der Waals surface area contributed by atoms with Crippen molar-refractivity contribution >= 4 is 34.9 Å². The van der Waals surface area contributed by atoms with Crippen molar-refractivity contribution in [2.24, 2.45) is 0 Å². The first-order chi connectivity index (χ1) is 19.4. The summed E-state index contributed by atoms with van der Waals surface area (Å²) in [6.07, 6.45) is 0.790. The molecule has 0 aliphatic rings. The van der Waals surface area contributed by atoms with Crippen LogP contribution in [-0.2, 0) is 12.7 Å². The van der Waals surface area contributed by atoms with E-state index >= 15 is 0 Å². The standard InChI is InChI=1S/C28H23ClF3N5O4/c1-16(2)37(26(38)23-7-5-18(29)14-35-23)24-8-6-20(11-21(24)27(39)40)41-25-22(28(30,31)32)10-17(13-36-25)12-34-19-4-3-9-33-15-19/h3-11,13-16,34H,12H2,1-2H3,(H,39,40). The number of carbonyl (C=O) groups excluding carboxylic acids is 1. The average Bonchev–Trinajstić information content (AvgIpc) is 2.93. The first kappa shape index (κ1) is 29.3. The van der Waals surface area contributed by atoms with Crippen molar-refractivity contribution in [1.82, 2.24) is 15.0 Å². The number of anilines is 2. The van der Waals surface area contributed by atoms with E-state index in [1.54, 1.807) is 32.2 Å². The number of ether oxygens (including phenoxy) is 1. The number of pyridine rings is 3. The predicted octanol–water partition coefficient (Wildman–Crippen LogP) is 6.70. The summed E-state index contributed by atoms with van der Waals surface area (Å²) in [5.74, 6) is -2.99. The van der Waals surface area contributed by atoms with Gasteiger partial charge < -0.3 is 20.1 Å². The predicted molar refractivity (Wildman–Crippen MR) is 145 cm³/mol. The molecule has 9 nitrogen and oxygen atoms in total. The second-order valence-corrected chi connectivity index (χ2v) is 9.44. The Morgan fingerprint density at radius 2 is 1.85 bits per heavy atom. The van der Waals surface area contributed by atoms with Crippen molar-refractivity contribution in [2.45, 2.75) is 32.6 Å². The van der Waals surface area contributed by atoms with Crippen LogP contribution in [0.1, 0.15) is 45.8 Å². The van der Waals surface area contributed by atoms with Crippen molar-refractivity contribution in [3.63, 3.8) is 0 Å². The van der Waals surface area contributed by atoms with Crippen molar-refractivity contribution in [3.05, 3.63) is 101 Å². The van der Waals surface area contributed by atoms with Gasteiger partial charge in [0.15, 0.2) is 0 Å². The van der Waals surface area contributed by atoms with Crippen molar-refractivity contribution in [1.29, 1.82) is 0 Å². The third-order valence-electron chi connectivity index (χ3n) is 5.73. The SMILES string of the molecule is CC(C)N(C(=O)c1ccc(Cl)cn1)c1ccc(Oc2ncc(CNc3cccnc3)cc2C(F)(F)F)cc1C(=O)O. The molecule has 0 spiro atoms. The fraction of sp³-hybridized carbons (Fsp3) is 0.179. The molecule has 41 heavy (non-hydrogen) atoms. The minimum absolute atomic E-state index is 0.00225. The van der Waals surface area contributed by atoms with E-state index in [2.05, 4.69) is 20.3 Å². The third-order valence-corrected chi connectivity index (χ3v) is 5.95. The zero-order chi connectivity index (χ0) is 29.7. The van der Waals surface area contributed by atoms with Gasteiger partial charge in [-0.15, -0.1) is 0 Å². The van der Waals surface area contributed by atoms with E-state index in [1.807, 2.05) is 0 Å². The molecule has 0 aliphatic carbocycles. The molecule has 1 aromatic carbocycles. The molecule has 3 aromatic heterocycles. The Kier molecular flexibility index (Phi) is 8.72. The molecule has 4 rings (SSSR count). The lowest BCUT2D eigenvalue weighted by atomic mass is 10.1. The molecular weight excluding hydrogens is 563 g/mol. The smallest absolute Gasteiger partial charge is 0.421 e. The molecule has 0 aliphatic heterocycles. The fourth-order valence-electron chi connectivity index (χ4n) is 3.87. The van der Waals surface area contributed by atoms with Crippen LogP contribution in [0.3, 0.4) is 0 Å². The summed E-state index contributed by atoms with van der Waals surface area (Å²) in [7, 11) is 0. The Hall–Kier alpha value is -4.71. The lowest BCUT2D eigenvalue weighted by Crippen LogP contribution is -2.38.